The summed E-state index contributed by atoms with van der Waals surface area (Å²) in [5.41, 5.74) is 1.73. The van der Waals surface area contributed by atoms with Crippen LogP contribution >= 0.6 is 27.5 Å². The SMILES string of the molecule is O=C1CCN(C(=O)c2ccc(Br)cc2)c2ccc(Cl)cc21. The summed E-state index contributed by atoms with van der Waals surface area (Å²) in [6, 6.07) is 12.2. The zero-order chi connectivity index (χ0) is 15.0. The Balaban J connectivity index is 2.01. The summed E-state index contributed by atoms with van der Waals surface area (Å²) < 4.78 is 0.917. The Morgan fingerprint density at radius 3 is 2.57 bits per heavy atom. The average Bonchev–Trinajstić information content (AvgIpc) is 2.48. The van der Waals surface area contributed by atoms with Crippen LogP contribution in [0.15, 0.2) is 46.9 Å². The highest BCUT2D eigenvalue weighted by molar-refractivity contribution is 9.10. The second-order valence-electron chi connectivity index (χ2n) is 4.80. The van der Waals surface area contributed by atoms with E-state index in [1.54, 1.807) is 35.2 Å². The third kappa shape index (κ3) is 2.74. The van der Waals surface area contributed by atoms with Crippen molar-refractivity contribution in [1.29, 1.82) is 0 Å². The van der Waals surface area contributed by atoms with Crippen LogP contribution in [0.2, 0.25) is 5.02 Å². The van der Waals surface area contributed by atoms with Crippen molar-refractivity contribution in [1.82, 2.24) is 0 Å². The van der Waals surface area contributed by atoms with Gasteiger partial charge in [-0.05, 0) is 42.5 Å². The first kappa shape index (κ1) is 14.3. The van der Waals surface area contributed by atoms with Crippen molar-refractivity contribution in [3.8, 4) is 0 Å². The summed E-state index contributed by atoms with van der Waals surface area (Å²) in [5, 5.41) is 0.500. The van der Waals surface area contributed by atoms with Crippen LogP contribution in [0.3, 0.4) is 0 Å². The van der Waals surface area contributed by atoms with Gasteiger partial charge < -0.3 is 4.90 Å². The normalized spacial score (nSPS) is 14.0. The molecular formula is C16H11BrClNO2. The molecule has 106 valence electrons. The van der Waals surface area contributed by atoms with Crippen molar-refractivity contribution in [2.75, 3.05) is 11.4 Å². The quantitative estimate of drug-likeness (QED) is 0.755. The predicted molar refractivity (Wildman–Crippen MR) is 86.2 cm³/mol. The molecule has 0 saturated heterocycles. The number of ketones is 1. The van der Waals surface area contributed by atoms with E-state index >= 15 is 0 Å². The summed E-state index contributed by atoms with van der Waals surface area (Å²) in [4.78, 5) is 26.3. The molecule has 2 aromatic rings. The highest BCUT2D eigenvalue weighted by Crippen LogP contribution is 2.30. The topological polar surface area (TPSA) is 37.4 Å². The lowest BCUT2D eigenvalue weighted by molar-refractivity contribution is 0.0955. The highest BCUT2D eigenvalue weighted by atomic mass is 79.9. The van der Waals surface area contributed by atoms with Crippen molar-refractivity contribution in [3.05, 3.63) is 63.1 Å². The summed E-state index contributed by atoms with van der Waals surface area (Å²) in [6.07, 6.45) is 0.315. The minimum Gasteiger partial charge on any atom is -0.307 e. The minimum absolute atomic E-state index is 0.0207. The van der Waals surface area contributed by atoms with Gasteiger partial charge in [0.15, 0.2) is 5.78 Å². The Hall–Kier alpha value is -1.65. The molecule has 0 fully saturated rings. The van der Waals surface area contributed by atoms with Crippen LogP contribution in [-0.2, 0) is 0 Å². The van der Waals surface area contributed by atoms with Crippen LogP contribution in [0, 0.1) is 0 Å². The molecule has 0 unspecified atom stereocenters. The van der Waals surface area contributed by atoms with E-state index in [0.29, 0.717) is 34.8 Å². The molecule has 1 aliphatic heterocycles. The summed E-state index contributed by atoms with van der Waals surface area (Å²) in [6.45, 7) is 0.391. The van der Waals surface area contributed by atoms with Crippen molar-refractivity contribution >= 4 is 44.9 Å². The number of Topliss-reactive ketones (excluding diaryl/α,β-unsaturated/α-hetero) is 1. The number of amides is 1. The number of fused-ring (bicyclic) bond motifs is 1. The molecule has 0 atom stereocenters. The molecule has 0 saturated carbocycles. The lowest BCUT2D eigenvalue weighted by atomic mass is 9.99. The van der Waals surface area contributed by atoms with Crippen LogP contribution in [0.4, 0.5) is 5.69 Å². The Labute approximate surface area is 135 Å². The van der Waals surface area contributed by atoms with E-state index in [2.05, 4.69) is 15.9 Å². The number of hydrogen-bond acceptors (Lipinski definition) is 2. The molecule has 0 aromatic heterocycles. The maximum atomic E-state index is 12.6. The third-order valence-corrected chi connectivity index (χ3v) is 4.21. The van der Waals surface area contributed by atoms with Crippen LogP contribution in [0.25, 0.3) is 0 Å². The van der Waals surface area contributed by atoms with Gasteiger partial charge in [-0.1, -0.05) is 27.5 Å². The van der Waals surface area contributed by atoms with Gasteiger partial charge in [-0.15, -0.1) is 0 Å². The first-order chi connectivity index (χ1) is 10.1. The highest BCUT2D eigenvalue weighted by Gasteiger charge is 2.28. The second-order valence-corrected chi connectivity index (χ2v) is 6.15. The van der Waals surface area contributed by atoms with Gasteiger partial charge in [-0.3, -0.25) is 9.59 Å². The average molecular weight is 365 g/mol. The molecule has 1 heterocycles. The molecule has 5 heteroatoms. The van der Waals surface area contributed by atoms with Gasteiger partial charge in [0.25, 0.3) is 5.91 Å². The molecule has 0 aliphatic carbocycles. The summed E-state index contributed by atoms with van der Waals surface area (Å²) >= 11 is 9.29. The van der Waals surface area contributed by atoms with E-state index in [0.717, 1.165) is 4.47 Å². The van der Waals surface area contributed by atoms with Gasteiger partial charge >= 0.3 is 0 Å². The predicted octanol–water partition coefficient (Wildman–Crippen LogP) is 4.34. The first-order valence-electron chi connectivity index (χ1n) is 6.46. The molecule has 3 nitrogen and oxygen atoms in total. The summed E-state index contributed by atoms with van der Waals surface area (Å²) in [5.74, 6) is -0.0917. The number of carbonyl (C=O) groups excluding carboxylic acids is 2. The number of rotatable bonds is 1. The van der Waals surface area contributed by atoms with Gasteiger partial charge in [0.1, 0.15) is 0 Å². The monoisotopic (exact) mass is 363 g/mol. The van der Waals surface area contributed by atoms with Crippen LogP contribution in [0.1, 0.15) is 27.1 Å². The van der Waals surface area contributed by atoms with Crippen LogP contribution in [-0.4, -0.2) is 18.2 Å². The number of carbonyl (C=O) groups is 2. The van der Waals surface area contributed by atoms with Crippen molar-refractivity contribution in [2.45, 2.75) is 6.42 Å². The number of hydrogen-bond donors (Lipinski definition) is 0. The van der Waals surface area contributed by atoms with Gasteiger partial charge in [-0.25, -0.2) is 0 Å². The van der Waals surface area contributed by atoms with Gasteiger partial charge in [-0.2, -0.15) is 0 Å². The zero-order valence-electron chi connectivity index (χ0n) is 11.0. The molecular weight excluding hydrogens is 354 g/mol. The van der Waals surface area contributed by atoms with Gasteiger partial charge in [0.2, 0.25) is 0 Å². The zero-order valence-corrected chi connectivity index (χ0v) is 13.3. The second kappa shape index (κ2) is 5.62. The lowest BCUT2D eigenvalue weighted by Gasteiger charge is -2.29. The van der Waals surface area contributed by atoms with Gasteiger partial charge in [0, 0.05) is 33.6 Å². The Bertz CT molecular complexity index is 728. The van der Waals surface area contributed by atoms with E-state index in [9.17, 15) is 9.59 Å². The number of nitrogens with zero attached hydrogens (tertiary/aromatic N) is 1. The molecule has 0 radical (unpaired) electrons. The number of benzene rings is 2. The largest absolute Gasteiger partial charge is 0.307 e. The molecule has 0 spiro atoms. The fourth-order valence-electron chi connectivity index (χ4n) is 2.39. The van der Waals surface area contributed by atoms with E-state index in [-0.39, 0.29) is 11.7 Å². The van der Waals surface area contributed by atoms with E-state index in [4.69, 9.17) is 11.6 Å². The van der Waals surface area contributed by atoms with E-state index in [1.807, 2.05) is 12.1 Å². The Morgan fingerprint density at radius 2 is 1.86 bits per heavy atom. The van der Waals surface area contributed by atoms with Crippen molar-refractivity contribution in [2.24, 2.45) is 0 Å². The number of anilines is 1. The fourth-order valence-corrected chi connectivity index (χ4v) is 2.83. The minimum atomic E-state index is -0.112. The molecule has 0 bridgehead atoms. The van der Waals surface area contributed by atoms with Crippen LogP contribution < -0.4 is 4.90 Å². The standard InChI is InChI=1S/C16H11BrClNO2/c17-11-3-1-10(2-4-11)16(21)19-8-7-15(20)13-9-12(18)5-6-14(13)19/h1-6,9H,7-8H2. The van der Waals surface area contributed by atoms with Crippen molar-refractivity contribution < 1.29 is 9.59 Å². The van der Waals surface area contributed by atoms with Crippen LogP contribution in [0.5, 0.6) is 0 Å². The van der Waals surface area contributed by atoms with Crippen molar-refractivity contribution in [3.63, 3.8) is 0 Å². The van der Waals surface area contributed by atoms with E-state index < -0.39 is 0 Å². The fraction of sp³-hybridized carbons (Fsp3) is 0.125. The first-order valence-corrected chi connectivity index (χ1v) is 7.63. The lowest BCUT2D eigenvalue weighted by Crippen LogP contribution is -2.37. The molecule has 2 aromatic carbocycles. The van der Waals surface area contributed by atoms with E-state index in [1.165, 1.54) is 0 Å². The smallest absolute Gasteiger partial charge is 0.258 e. The maximum Gasteiger partial charge on any atom is 0.258 e. The molecule has 1 amide bonds. The molecule has 1 aliphatic rings. The molecule has 21 heavy (non-hydrogen) atoms. The molecule has 3 rings (SSSR count). The summed E-state index contributed by atoms with van der Waals surface area (Å²) in [7, 11) is 0. The third-order valence-electron chi connectivity index (χ3n) is 3.45. The Kier molecular flexibility index (Phi) is 3.83. The van der Waals surface area contributed by atoms with Gasteiger partial charge in [0.05, 0.1) is 5.69 Å². The Morgan fingerprint density at radius 1 is 1.14 bits per heavy atom. The molecule has 0 N–H and O–H groups in total. The number of halogens is 2. The maximum absolute atomic E-state index is 12.6.